The Labute approximate surface area is 73.0 Å². The van der Waals surface area contributed by atoms with Crippen molar-refractivity contribution in [3.8, 4) is 0 Å². The van der Waals surface area contributed by atoms with Gasteiger partial charge in [0.05, 0.1) is 14.1 Å². The minimum absolute atomic E-state index is 0.0655. The molecule has 0 bridgehead atoms. The van der Waals surface area contributed by atoms with Crippen molar-refractivity contribution in [2.24, 2.45) is 0 Å². The van der Waals surface area contributed by atoms with E-state index in [1.54, 1.807) is 14.1 Å². The molecule has 12 heavy (non-hydrogen) atoms. The lowest BCUT2D eigenvalue weighted by atomic mass is 10.4. The summed E-state index contributed by atoms with van der Waals surface area (Å²) in [5, 5.41) is 11.9. The van der Waals surface area contributed by atoms with E-state index >= 15 is 0 Å². The fourth-order valence-electron chi connectivity index (χ4n) is 0.750. The third kappa shape index (κ3) is 7.24. The van der Waals surface area contributed by atoms with Gasteiger partial charge in [-0.25, -0.2) is 5.21 Å². The molecule has 0 atom stereocenters. The van der Waals surface area contributed by atoms with Gasteiger partial charge in [0.2, 0.25) is 5.91 Å². The molecule has 0 radical (unpaired) electrons. The van der Waals surface area contributed by atoms with Crippen molar-refractivity contribution >= 4 is 5.91 Å². The predicted molar refractivity (Wildman–Crippen MR) is 46.6 cm³/mol. The van der Waals surface area contributed by atoms with E-state index in [1.807, 2.05) is 0 Å². The van der Waals surface area contributed by atoms with E-state index in [2.05, 4.69) is 11.9 Å². The third-order valence-corrected chi connectivity index (χ3v) is 1.37. The molecule has 0 aromatic rings. The molecule has 0 aliphatic heterocycles. The van der Waals surface area contributed by atoms with Crippen molar-refractivity contribution in [3.63, 3.8) is 0 Å². The SMILES string of the molecule is C=CC(=O)NCCC[N+](C)(C)O. The van der Waals surface area contributed by atoms with Crippen LogP contribution in [0.2, 0.25) is 0 Å². The van der Waals surface area contributed by atoms with E-state index in [9.17, 15) is 10.0 Å². The van der Waals surface area contributed by atoms with Crippen LogP contribution in [0.15, 0.2) is 12.7 Å². The number of carbonyl (C=O) groups is 1. The Balaban J connectivity index is 3.34. The molecule has 0 saturated carbocycles. The number of amides is 1. The van der Waals surface area contributed by atoms with Gasteiger partial charge in [-0.1, -0.05) is 6.58 Å². The lowest BCUT2D eigenvalue weighted by molar-refractivity contribution is -1.07. The predicted octanol–water partition coefficient (Wildman–Crippen LogP) is 0.144. The Morgan fingerprint density at radius 1 is 1.67 bits per heavy atom. The van der Waals surface area contributed by atoms with Crippen LogP contribution in [0.3, 0.4) is 0 Å². The van der Waals surface area contributed by atoms with Crippen LogP contribution in [0.1, 0.15) is 6.42 Å². The van der Waals surface area contributed by atoms with Crippen LogP contribution in [0.25, 0.3) is 0 Å². The van der Waals surface area contributed by atoms with Gasteiger partial charge in [0, 0.05) is 13.0 Å². The molecule has 4 heteroatoms. The zero-order valence-corrected chi connectivity index (χ0v) is 7.71. The average molecular weight is 173 g/mol. The van der Waals surface area contributed by atoms with E-state index in [-0.39, 0.29) is 10.6 Å². The quantitative estimate of drug-likeness (QED) is 0.269. The van der Waals surface area contributed by atoms with Crippen LogP contribution in [0, 0.1) is 0 Å². The molecule has 0 aromatic carbocycles. The second-order valence-electron chi connectivity index (χ2n) is 3.19. The molecule has 1 amide bonds. The van der Waals surface area contributed by atoms with Crippen molar-refractivity contribution in [3.05, 3.63) is 12.7 Å². The van der Waals surface area contributed by atoms with E-state index in [0.717, 1.165) is 6.42 Å². The first-order valence-electron chi connectivity index (χ1n) is 3.92. The highest BCUT2D eigenvalue weighted by molar-refractivity contribution is 5.86. The molecule has 0 rings (SSSR count). The van der Waals surface area contributed by atoms with Crippen molar-refractivity contribution in [2.45, 2.75) is 6.42 Å². The number of nitrogens with zero attached hydrogens (tertiary/aromatic N) is 1. The summed E-state index contributed by atoms with van der Waals surface area (Å²) >= 11 is 0. The Kier molecular flexibility index (Phi) is 4.54. The number of hydrogen-bond acceptors (Lipinski definition) is 2. The van der Waals surface area contributed by atoms with Gasteiger partial charge in [-0.15, -0.1) is 0 Å². The Morgan fingerprint density at radius 2 is 2.25 bits per heavy atom. The number of nitrogens with one attached hydrogen (secondary N) is 1. The largest absolute Gasteiger partial charge is 0.352 e. The number of hydrogen-bond donors (Lipinski definition) is 2. The van der Waals surface area contributed by atoms with Crippen molar-refractivity contribution in [1.82, 2.24) is 5.32 Å². The van der Waals surface area contributed by atoms with Gasteiger partial charge >= 0.3 is 0 Å². The van der Waals surface area contributed by atoms with E-state index in [0.29, 0.717) is 13.1 Å². The molecule has 4 nitrogen and oxygen atoms in total. The highest BCUT2D eigenvalue weighted by atomic mass is 16.5. The Bertz CT molecular complexity index is 161. The van der Waals surface area contributed by atoms with Gasteiger partial charge in [0.15, 0.2) is 0 Å². The van der Waals surface area contributed by atoms with Crippen molar-refractivity contribution in [1.29, 1.82) is 0 Å². The highest BCUT2D eigenvalue weighted by Crippen LogP contribution is 1.90. The van der Waals surface area contributed by atoms with Crippen molar-refractivity contribution < 1.29 is 14.6 Å². The van der Waals surface area contributed by atoms with E-state index < -0.39 is 0 Å². The maximum absolute atomic E-state index is 10.6. The highest BCUT2D eigenvalue weighted by Gasteiger charge is 2.08. The minimum Gasteiger partial charge on any atom is -0.352 e. The van der Waals surface area contributed by atoms with Gasteiger partial charge < -0.3 is 5.32 Å². The first kappa shape index (κ1) is 11.1. The molecule has 0 aliphatic carbocycles. The fraction of sp³-hybridized carbons (Fsp3) is 0.625. The summed E-state index contributed by atoms with van der Waals surface area (Å²) in [5.41, 5.74) is 0. The van der Waals surface area contributed by atoms with Crippen LogP contribution in [0.4, 0.5) is 0 Å². The van der Waals surface area contributed by atoms with Gasteiger partial charge in [-0.05, 0) is 6.08 Å². The number of quaternary nitrogens is 1. The second kappa shape index (κ2) is 4.90. The van der Waals surface area contributed by atoms with Crippen LogP contribution < -0.4 is 5.32 Å². The molecule has 0 unspecified atom stereocenters. The first-order chi connectivity index (χ1) is 5.45. The van der Waals surface area contributed by atoms with Crippen LogP contribution >= 0.6 is 0 Å². The van der Waals surface area contributed by atoms with E-state index in [1.165, 1.54) is 6.08 Å². The van der Waals surface area contributed by atoms with E-state index in [4.69, 9.17) is 0 Å². The molecular formula is C8H17N2O2+. The monoisotopic (exact) mass is 173 g/mol. The number of rotatable bonds is 5. The number of hydroxylamine groups is 3. The Hall–Kier alpha value is -0.870. The fourth-order valence-corrected chi connectivity index (χ4v) is 0.750. The molecular weight excluding hydrogens is 156 g/mol. The summed E-state index contributed by atoms with van der Waals surface area (Å²) in [4.78, 5) is 10.6. The average Bonchev–Trinajstić information content (AvgIpc) is 1.96. The lowest BCUT2D eigenvalue weighted by Gasteiger charge is -2.18. The third-order valence-electron chi connectivity index (χ3n) is 1.37. The van der Waals surface area contributed by atoms with Crippen LogP contribution in [-0.2, 0) is 4.79 Å². The van der Waals surface area contributed by atoms with Crippen LogP contribution in [0.5, 0.6) is 0 Å². The molecule has 0 aliphatic rings. The summed E-state index contributed by atoms with van der Waals surface area (Å²) in [6, 6.07) is 0. The van der Waals surface area contributed by atoms with Gasteiger partial charge in [0.1, 0.15) is 6.54 Å². The van der Waals surface area contributed by atoms with Crippen molar-refractivity contribution in [2.75, 3.05) is 27.2 Å². The second-order valence-corrected chi connectivity index (χ2v) is 3.19. The van der Waals surface area contributed by atoms with Gasteiger partial charge in [-0.3, -0.25) is 4.79 Å². The number of carbonyl (C=O) groups excluding carboxylic acids is 1. The zero-order valence-electron chi connectivity index (χ0n) is 7.71. The van der Waals surface area contributed by atoms with Gasteiger partial charge in [-0.2, -0.15) is 4.65 Å². The maximum atomic E-state index is 10.6. The molecule has 0 aromatic heterocycles. The van der Waals surface area contributed by atoms with Gasteiger partial charge in [0.25, 0.3) is 0 Å². The standard InChI is InChI=1S/C8H16N2O2/c1-4-8(11)9-6-5-7-10(2,3)12/h4,12H,1,5-7H2,2-3H3/p+1. The minimum atomic E-state index is -0.168. The smallest absolute Gasteiger partial charge is 0.243 e. The molecule has 0 saturated heterocycles. The molecule has 0 heterocycles. The molecule has 0 fully saturated rings. The molecule has 0 spiro atoms. The lowest BCUT2D eigenvalue weighted by Crippen LogP contribution is -2.38. The summed E-state index contributed by atoms with van der Waals surface area (Å²) in [6.07, 6.45) is 1.99. The molecule has 70 valence electrons. The summed E-state index contributed by atoms with van der Waals surface area (Å²) in [7, 11) is 3.38. The summed E-state index contributed by atoms with van der Waals surface area (Å²) in [6.45, 7) is 4.52. The first-order valence-corrected chi connectivity index (χ1v) is 3.92. The Morgan fingerprint density at radius 3 is 2.67 bits per heavy atom. The normalized spacial score (nSPS) is 10.9. The van der Waals surface area contributed by atoms with Crippen LogP contribution in [-0.4, -0.2) is 42.9 Å². The maximum Gasteiger partial charge on any atom is 0.243 e. The summed E-state index contributed by atoms with van der Waals surface area (Å²) in [5.74, 6) is -0.168. The topological polar surface area (TPSA) is 49.3 Å². The summed E-state index contributed by atoms with van der Waals surface area (Å²) < 4.78 is -0.0655. The molecule has 2 N–H and O–H groups in total. The zero-order chi connectivity index (χ0) is 9.61.